The van der Waals surface area contributed by atoms with Crippen LogP contribution < -0.4 is 0 Å². The zero-order valence-electron chi connectivity index (χ0n) is 11.4. The number of ketones is 1. The second-order valence-corrected chi connectivity index (χ2v) is 5.46. The molecule has 20 heavy (non-hydrogen) atoms. The van der Waals surface area contributed by atoms with Crippen LogP contribution in [0.3, 0.4) is 0 Å². The Morgan fingerprint density at radius 2 is 2.10 bits per heavy atom. The summed E-state index contributed by atoms with van der Waals surface area (Å²) in [5.41, 5.74) is -0.115. The van der Waals surface area contributed by atoms with Gasteiger partial charge in [-0.15, -0.1) is 0 Å². The Kier molecular flexibility index (Phi) is 3.18. The van der Waals surface area contributed by atoms with Gasteiger partial charge in [0.2, 0.25) is 0 Å². The molecule has 1 aromatic carbocycles. The lowest BCUT2D eigenvalue weighted by atomic mass is 9.85. The summed E-state index contributed by atoms with van der Waals surface area (Å²) in [4.78, 5) is 26.0. The van der Waals surface area contributed by atoms with Crippen LogP contribution in [0, 0.1) is 0 Å². The number of esters is 1. The number of fused-ring (bicyclic) bond motifs is 1. The van der Waals surface area contributed by atoms with Crippen LogP contribution in [-0.4, -0.2) is 41.9 Å². The van der Waals surface area contributed by atoms with Crippen molar-refractivity contribution in [3.05, 3.63) is 48.0 Å². The van der Waals surface area contributed by atoms with Gasteiger partial charge in [-0.2, -0.15) is 0 Å². The Labute approximate surface area is 118 Å². The fourth-order valence-electron chi connectivity index (χ4n) is 3.02. The van der Waals surface area contributed by atoms with Gasteiger partial charge in [0.1, 0.15) is 5.60 Å². The maximum Gasteiger partial charge on any atom is 0.339 e. The van der Waals surface area contributed by atoms with E-state index in [1.165, 1.54) is 0 Å². The van der Waals surface area contributed by atoms with Crippen molar-refractivity contribution in [2.24, 2.45) is 0 Å². The van der Waals surface area contributed by atoms with Gasteiger partial charge in [0.25, 0.3) is 0 Å². The Bertz CT molecular complexity index is 566. The van der Waals surface area contributed by atoms with Crippen molar-refractivity contribution in [3.8, 4) is 0 Å². The van der Waals surface area contributed by atoms with Crippen LogP contribution in [0.1, 0.15) is 23.2 Å². The van der Waals surface area contributed by atoms with Crippen molar-refractivity contribution >= 4 is 11.8 Å². The second-order valence-electron chi connectivity index (χ2n) is 5.46. The lowest BCUT2D eigenvalue weighted by Crippen LogP contribution is -2.48. The van der Waals surface area contributed by atoms with E-state index in [4.69, 9.17) is 4.74 Å². The predicted molar refractivity (Wildman–Crippen MR) is 74.4 cm³/mol. The molecular weight excluding hydrogens is 254 g/mol. The molecule has 1 aliphatic carbocycles. The molecule has 1 aromatic rings. The molecule has 1 saturated heterocycles. The third-order valence-corrected chi connectivity index (χ3v) is 4.19. The van der Waals surface area contributed by atoms with E-state index in [9.17, 15) is 9.59 Å². The van der Waals surface area contributed by atoms with Crippen LogP contribution in [0.4, 0.5) is 0 Å². The van der Waals surface area contributed by atoms with Crippen LogP contribution in [0.15, 0.2) is 42.5 Å². The van der Waals surface area contributed by atoms with E-state index in [1.54, 1.807) is 24.3 Å². The molecule has 0 radical (unpaired) electrons. The fourth-order valence-corrected chi connectivity index (χ4v) is 3.02. The second kappa shape index (κ2) is 4.87. The zero-order chi connectivity index (χ0) is 14.2. The molecule has 2 aliphatic rings. The molecule has 1 fully saturated rings. The highest BCUT2D eigenvalue weighted by Crippen LogP contribution is 2.38. The number of ether oxygens (including phenoxy) is 1. The highest BCUT2D eigenvalue weighted by molar-refractivity contribution is 5.93. The first-order chi connectivity index (χ1) is 9.61. The standard InChI is InChI=1S/C16H17NO3/c1-17-10-9-16(8-7-13(18)11-14(16)17)20-15(19)12-5-3-2-4-6-12/h2-8,14H,9-11H2,1H3/t14-,16+/m1/s1. The minimum Gasteiger partial charge on any atom is -0.449 e. The van der Waals surface area contributed by atoms with E-state index in [2.05, 4.69) is 4.90 Å². The normalized spacial score (nSPS) is 29.2. The largest absolute Gasteiger partial charge is 0.449 e. The summed E-state index contributed by atoms with van der Waals surface area (Å²) in [6, 6.07) is 8.92. The van der Waals surface area contributed by atoms with Crippen molar-refractivity contribution in [1.82, 2.24) is 4.90 Å². The molecular formula is C16H17NO3. The molecule has 4 heteroatoms. The zero-order valence-corrected chi connectivity index (χ0v) is 11.4. The number of benzene rings is 1. The van der Waals surface area contributed by atoms with E-state index >= 15 is 0 Å². The van der Waals surface area contributed by atoms with E-state index < -0.39 is 5.60 Å². The summed E-state index contributed by atoms with van der Waals surface area (Å²) in [7, 11) is 1.97. The van der Waals surface area contributed by atoms with Gasteiger partial charge in [0, 0.05) is 19.4 Å². The monoisotopic (exact) mass is 271 g/mol. The molecule has 0 bridgehead atoms. The van der Waals surface area contributed by atoms with Crippen LogP contribution in [0.5, 0.6) is 0 Å². The van der Waals surface area contributed by atoms with Crippen LogP contribution in [0.25, 0.3) is 0 Å². The van der Waals surface area contributed by atoms with Gasteiger partial charge in [-0.25, -0.2) is 4.79 Å². The average Bonchev–Trinajstić information content (AvgIpc) is 2.78. The Hall–Kier alpha value is -1.94. The maximum absolute atomic E-state index is 12.3. The third kappa shape index (κ3) is 2.16. The maximum atomic E-state index is 12.3. The van der Waals surface area contributed by atoms with E-state index in [1.807, 2.05) is 25.2 Å². The van der Waals surface area contributed by atoms with Gasteiger partial charge >= 0.3 is 5.97 Å². The Morgan fingerprint density at radius 1 is 1.35 bits per heavy atom. The minimum absolute atomic E-state index is 0.0485. The van der Waals surface area contributed by atoms with Crippen LogP contribution in [-0.2, 0) is 9.53 Å². The molecule has 104 valence electrons. The van der Waals surface area contributed by atoms with Crippen molar-refractivity contribution in [2.45, 2.75) is 24.5 Å². The molecule has 0 aromatic heterocycles. The Balaban J connectivity index is 1.86. The van der Waals surface area contributed by atoms with Crippen molar-refractivity contribution in [2.75, 3.05) is 13.6 Å². The van der Waals surface area contributed by atoms with E-state index in [-0.39, 0.29) is 17.8 Å². The minimum atomic E-state index is -0.657. The quantitative estimate of drug-likeness (QED) is 0.770. The first-order valence-corrected chi connectivity index (χ1v) is 6.81. The number of likely N-dealkylation sites (N-methyl/N-ethyl adjacent to an activating group) is 1. The average molecular weight is 271 g/mol. The number of hydrogen-bond acceptors (Lipinski definition) is 4. The van der Waals surface area contributed by atoms with Crippen molar-refractivity contribution in [1.29, 1.82) is 0 Å². The lowest BCUT2D eigenvalue weighted by molar-refractivity contribution is -0.118. The summed E-state index contributed by atoms with van der Waals surface area (Å²) in [5.74, 6) is -0.236. The SMILES string of the molecule is CN1CC[C@@]2(OC(=O)c3ccccc3)C=CC(=O)C[C@@H]12. The number of carbonyl (C=O) groups is 2. The Morgan fingerprint density at radius 3 is 2.85 bits per heavy atom. The highest BCUT2D eigenvalue weighted by Gasteiger charge is 2.50. The third-order valence-electron chi connectivity index (χ3n) is 4.19. The molecule has 1 heterocycles. The molecule has 2 atom stereocenters. The smallest absolute Gasteiger partial charge is 0.339 e. The molecule has 0 saturated carbocycles. The number of carbonyl (C=O) groups excluding carboxylic acids is 2. The molecule has 0 spiro atoms. The summed E-state index contributed by atoms with van der Waals surface area (Å²) in [6.45, 7) is 0.824. The number of rotatable bonds is 2. The highest BCUT2D eigenvalue weighted by atomic mass is 16.6. The topological polar surface area (TPSA) is 46.6 Å². The molecule has 0 amide bonds. The van der Waals surface area contributed by atoms with Gasteiger partial charge in [-0.1, -0.05) is 18.2 Å². The fraction of sp³-hybridized carbons (Fsp3) is 0.375. The van der Waals surface area contributed by atoms with Gasteiger partial charge in [-0.05, 0) is 31.3 Å². The van der Waals surface area contributed by atoms with Crippen molar-refractivity contribution in [3.63, 3.8) is 0 Å². The number of likely N-dealkylation sites (tertiary alicyclic amines) is 1. The molecule has 0 unspecified atom stereocenters. The predicted octanol–water partition coefficient (Wildman–Crippen LogP) is 1.82. The van der Waals surface area contributed by atoms with Gasteiger partial charge in [-0.3, -0.25) is 9.69 Å². The van der Waals surface area contributed by atoms with Crippen LogP contribution in [0.2, 0.25) is 0 Å². The molecule has 3 rings (SSSR count). The lowest BCUT2D eigenvalue weighted by Gasteiger charge is -2.36. The summed E-state index contributed by atoms with van der Waals surface area (Å²) >= 11 is 0. The van der Waals surface area contributed by atoms with Gasteiger partial charge in [0.15, 0.2) is 5.78 Å². The van der Waals surface area contributed by atoms with E-state index in [0.717, 1.165) is 13.0 Å². The number of nitrogens with zero attached hydrogens (tertiary/aromatic N) is 1. The molecule has 0 N–H and O–H groups in total. The van der Waals surface area contributed by atoms with Gasteiger partial charge in [0.05, 0.1) is 11.6 Å². The van der Waals surface area contributed by atoms with Crippen LogP contribution >= 0.6 is 0 Å². The van der Waals surface area contributed by atoms with E-state index in [0.29, 0.717) is 12.0 Å². The first kappa shape index (κ1) is 13.1. The molecule has 1 aliphatic heterocycles. The first-order valence-electron chi connectivity index (χ1n) is 6.81. The molecule has 4 nitrogen and oxygen atoms in total. The van der Waals surface area contributed by atoms with Gasteiger partial charge < -0.3 is 4.74 Å². The van der Waals surface area contributed by atoms with Crippen molar-refractivity contribution < 1.29 is 14.3 Å². The summed E-state index contributed by atoms with van der Waals surface area (Å²) < 4.78 is 5.79. The summed E-state index contributed by atoms with van der Waals surface area (Å²) in [6.07, 6.45) is 4.47. The number of hydrogen-bond donors (Lipinski definition) is 0. The summed E-state index contributed by atoms with van der Waals surface area (Å²) in [5, 5.41) is 0. The number of allylic oxidation sites excluding steroid dienone is 1.